The van der Waals surface area contributed by atoms with Gasteiger partial charge in [0.25, 0.3) is 0 Å². The van der Waals surface area contributed by atoms with E-state index in [2.05, 4.69) is 0 Å². The molecule has 3 nitrogen and oxygen atoms in total. The van der Waals surface area contributed by atoms with E-state index in [-0.39, 0.29) is 6.10 Å². The molecule has 1 aliphatic heterocycles. The number of nitrogens with two attached hydrogens (primary N) is 1. The molecule has 0 aromatic heterocycles. The molecule has 60 valence electrons. The fraction of sp³-hybridized carbons (Fsp3) is 1.00. The maximum atomic E-state index is 12.5. The quantitative estimate of drug-likeness (QED) is 0.554. The van der Waals surface area contributed by atoms with Crippen LogP contribution in [0.3, 0.4) is 0 Å². The Kier molecular flexibility index (Phi) is 2.59. The van der Waals surface area contributed by atoms with Crippen LogP contribution in [0.1, 0.15) is 19.8 Å². The molecule has 10 heavy (non-hydrogen) atoms. The highest BCUT2D eigenvalue weighted by Gasteiger charge is 2.24. The summed E-state index contributed by atoms with van der Waals surface area (Å²) in [7, 11) is 0. The van der Waals surface area contributed by atoms with E-state index < -0.39 is 6.35 Å². The molecule has 0 bridgehead atoms. The van der Waals surface area contributed by atoms with Gasteiger partial charge in [0.05, 0.1) is 6.10 Å². The SMILES string of the molecule is CCC1CCN(F)[C@H](N)O1. The molecular weight excluding hydrogens is 135 g/mol. The first-order valence-electron chi connectivity index (χ1n) is 3.57. The number of rotatable bonds is 1. The van der Waals surface area contributed by atoms with Crippen LogP contribution in [0.4, 0.5) is 4.48 Å². The summed E-state index contributed by atoms with van der Waals surface area (Å²) in [6.45, 7) is 2.39. The molecule has 1 heterocycles. The van der Waals surface area contributed by atoms with Gasteiger partial charge in [-0.25, -0.2) is 0 Å². The molecule has 1 fully saturated rings. The van der Waals surface area contributed by atoms with E-state index in [0.717, 1.165) is 12.8 Å². The monoisotopic (exact) mass is 148 g/mol. The predicted molar refractivity (Wildman–Crippen MR) is 35.6 cm³/mol. The maximum absolute atomic E-state index is 12.5. The fourth-order valence-corrected chi connectivity index (χ4v) is 1.03. The summed E-state index contributed by atoms with van der Waals surface area (Å²) in [4.78, 5) is 0. The van der Waals surface area contributed by atoms with Crippen LogP contribution >= 0.6 is 0 Å². The van der Waals surface area contributed by atoms with Gasteiger partial charge in [0.2, 0.25) is 0 Å². The molecule has 1 rings (SSSR count). The Bertz CT molecular complexity index is 112. The zero-order chi connectivity index (χ0) is 7.56. The van der Waals surface area contributed by atoms with Crippen LogP contribution < -0.4 is 5.73 Å². The van der Waals surface area contributed by atoms with Gasteiger partial charge >= 0.3 is 0 Å². The Morgan fingerprint density at radius 3 is 3.00 bits per heavy atom. The lowest BCUT2D eigenvalue weighted by Crippen LogP contribution is -2.47. The van der Waals surface area contributed by atoms with E-state index in [4.69, 9.17) is 10.5 Å². The average Bonchev–Trinajstić information content (AvgIpc) is 1.95. The number of halogens is 1. The lowest BCUT2D eigenvalue weighted by atomic mass is 10.2. The summed E-state index contributed by atoms with van der Waals surface area (Å²) in [5.41, 5.74) is 5.27. The summed E-state index contributed by atoms with van der Waals surface area (Å²) in [5, 5.41) is 0.520. The third-order valence-electron chi connectivity index (χ3n) is 1.73. The highest BCUT2D eigenvalue weighted by molar-refractivity contribution is 4.64. The van der Waals surface area contributed by atoms with Gasteiger partial charge in [-0.3, -0.25) is 5.73 Å². The molecule has 0 saturated carbocycles. The van der Waals surface area contributed by atoms with Crippen molar-refractivity contribution in [3.8, 4) is 0 Å². The molecule has 1 saturated heterocycles. The highest BCUT2D eigenvalue weighted by atomic mass is 19.2. The van der Waals surface area contributed by atoms with Gasteiger partial charge in [-0.2, -0.15) is 0 Å². The maximum Gasteiger partial charge on any atom is 0.190 e. The highest BCUT2D eigenvalue weighted by Crippen LogP contribution is 2.14. The lowest BCUT2D eigenvalue weighted by Gasteiger charge is -2.30. The number of nitrogens with zero attached hydrogens (tertiary/aromatic N) is 1. The minimum atomic E-state index is -0.848. The van der Waals surface area contributed by atoms with Crippen molar-refractivity contribution < 1.29 is 9.22 Å². The summed E-state index contributed by atoms with van der Waals surface area (Å²) in [5.74, 6) is 0. The van der Waals surface area contributed by atoms with Gasteiger partial charge in [0.1, 0.15) is 0 Å². The Hall–Kier alpha value is -0.190. The Balaban J connectivity index is 2.33. The largest absolute Gasteiger partial charge is 0.344 e. The van der Waals surface area contributed by atoms with Crippen LogP contribution in [0.2, 0.25) is 0 Å². The first kappa shape index (κ1) is 7.91. The molecule has 2 atom stereocenters. The van der Waals surface area contributed by atoms with Crippen molar-refractivity contribution in [1.82, 2.24) is 5.12 Å². The Morgan fingerprint density at radius 2 is 2.50 bits per heavy atom. The smallest absolute Gasteiger partial charge is 0.190 e. The summed E-state index contributed by atoms with van der Waals surface area (Å²) in [6.07, 6.45) is 0.933. The lowest BCUT2D eigenvalue weighted by molar-refractivity contribution is -0.210. The third-order valence-corrected chi connectivity index (χ3v) is 1.73. The van der Waals surface area contributed by atoms with Gasteiger partial charge in [0, 0.05) is 6.54 Å². The van der Waals surface area contributed by atoms with E-state index in [9.17, 15) is 4.48 Å². The molecule has 0 radical (unpaired) electrons. The van der Waals surface area contributed by atoms with Crippen LogP contribution in [-0.2, 0) is 4.74 Å². The van der Waals surface area contributed by atoms with Crippen molar-refractivity contribution in [3.63, 3.8) is 0 Å². The first-order chi connectivity index (χ1) is 4.74. The molecule has 0 spiro atoms. The fourth-order valence-electron chi connectivity index (χ4n) is 1.03. The van der Waals surface area contributed by atoms with Crippen LogP contribution in [-0.4, -0.2) is 24.1 Å². The van der Waals surface area contributed by atoms with E-state index in [1.807, 2.05) is 6.92 Å². The van der Waals surface area contributed by atoms with Crippen LogP contribution in [0.25, 0.3) is 0 Å². The second-order valence-electron chi connectivity index (χ2n) is 2.47. The van der Waals surface area contributed by atoms with Crippen LogP contribution in [0.15, 0.2) is 0 Å². The summed E-state index contributed by atoms with van der Waals surface area (Å²) >= 11 is 0. The first-order valence-corrected chi connectivity index (χ1v) is 3.57. The van der Waals surface area contributed by atoms with Crippen LogP contribution in [0.5, 0.6) is 0 Å². The minimum absolute atomic E-state index is 0.141. The molecule has 4 heteroatoms. The molecule has 0 amide bonds. The van der Waals surface area contributed by atoms with Crippen molar-refractivity contribution in [2.75, 3.05) is 6.54 Å². The predicted octanol–water partition coefficient (Wildman–Crippen LogP) is 0.614. The van der Waals surface area contributed by atoms with E-state index >= 15 is 0 Å². The Morgan fingerprint density at radius 1 is 1.80 bits per heavy atom. The zero-order valence-corrected chi connectivity index (χ0v) is 6.09. The molecule has 0 aliphatic carbocycles. The van der Waals surface area contributed by atoms with Gasteiger partial charge < -0.3 is 4.74 Å². The third kappa shape index (κ3) is 1.65. The number of hydrogen-bond acceptors (Lipinski definition) is 3. The van der Waals surface area contributed by atoms with Crippen molar-refractivity contribution in [3.05, 3.63) is 0 Å². The summed E-state index contributed by atoms with van der Waals surface area (Å²) in [6, 6.07) is 0. The number of ether oxygens (including phenoxy) is 1. The summed E-state index contributed by atoms with van der Waals surface area (Å²) < 4.78 is 17.5. The van der Waals surface area contributed by atoms with E-state index in [1.165, 1.54) is 0 Å². The van der Waals surface area contributed by atoms with Crippen molar-refractivity contribution in [1.29, 1.82) is 0 Å². The van der Waals surface area contributed by atoms with Crippen molar-refractivity contribution >= 4 is 0 Å². The van der Waals surface area contributed by atoms with Crippen LogP contribution in [0, 0.1) is 0 Å². The standard InChI is InChI=1S/C6H13FN2O/c1-2-5-3-4-9(7)6(8)10-5/h5-6H,2-4,8H2,1H3/t5?,6-/m0/s1. The van der Waals surface area contributed by atoms with E-state index in [1.54, 1.807) is 0 Å². The van der Waals surface area contributed by atoms with Gasteiger partial charge in [0.15, 0.2) is 6.35 Å². The molecular formula is C6H13FN2O. The number of hydrogen-bond donors (Lipinski definition) is 1. The molecule has 0 aromatic rings. The minimum Gasteiger partial charge on any atom is -0.344 e. The van der Waals surface area contributed by atoms with Crippen molar-refractivity contribution in [2.45, 2.75) is 32.2 Å². The van der Waals surface area contributed by atoms with E-state index in [0.29, 0.717) is 11.7 Å². The molecule has 1 unspecified atom stereocenters. The molecule has 1 aliphatic rings. The van der Waals surface area contributed by atoms with Crippen molar-refractivity contribution in [2.24, 2.45) is 5.73 Å². The second kappa shape index (κ2) is 3.27. The van der Waals surface area contributed by atoms with Gasteiger partial charge in [-0.1, -0.05) is 6.92 Å². The Labute approximate surface area is 59.9 Å². The molecule has 2 N–H and O–H groups in total. The zero-order valence-electron chi connectivity index (χ0n) is 6.09. The normalized spacial score (nSPS) is 36.3. The topological polar surface area (TPSA) is 38.5 Å². The van der Waals surface area contributed by atoms with Gasteiger partial charge in [-0.05, 0) is 12.8 Å². The molecule has 0 aromatic carbocycles. The van der Waals surface area contributed by atoms with Gasteiger partial charge in [-0.15, -0.1) is 9.60 Å². The second-order valence-corrected chi connectivity index (χ2v) is 2.47. The average molecular weight is 148 g/mol.